The zero-order valence-electron chi connectivity index (χ0n) is 26.7. The van der Waals surface area contributed by atoms with Gasteiger partial charge >= 0.3 is 6.11 Å². The monoisotopic (exact) mass is 689 g/mol. The lowest BCUT2D eigenvalue weighted by molar-refractivity contribution is -0.261. The van der Waals surface area contributed by atoms with Crippen molar-refractivity contribution in [1.82, 2.24) is 19.7 Å². The summed E-state index contributed by atoms with van der Waals surface area (Å²) in [6.45, 7) is -1.01. The number of hydrogen-bond donors (Lipinski definition) is 1. The third-order valence-electron chi connectivity index (χ3n) is 8.60. The van der Waals surface area contributed by atoms with E-state index in [0.717, 1.165) is 35.4 Å². The molecular weight excluding hydrogens is 657 g/mol. The molecule has 3 aromatic heterocycles. The van der Waals surface area contributed by atoms with Gasteiger partial charge in [-0.25, -0.2) is 13.2 Å². The highest BCUT2D eigenvalue weighted by atomic mass is 19.3. The van der Waals surface area contributed by atoms with Gasteiger partial charge in [0.1, 0.15) is 29.7 Å². The third-order valence-corrected chi connectivity index (χ3v) is 8.60. The number of carbonyl (C=O) groups excluding carboxylic acids is 2. The topological polar surface area (TPSA) is 113 Å². The van der Waals surface area contributed by atoms with Crippen LogP contribution in [0.25, 0.3) is 11.1 Å². The highest BCUT2D eigenvalue weighted by Crippen LogP contribution is 2.38. The average Bonchev–Trinajstić information content (AvgIpc) is 3.46. The average molecular weight is 690 g/mol. The molecule has 2 aromatic carbocycles. The van der Waals surface area contributed by atoms with E-state index in [4.69, 9.17) is 10.5 Å². The van der Waals surface area contributed by atoms with E-state index in [1.165, 1.54) is 24.5 Å². The Labute approximate surface area is 284 Å². The minimum atomic E-state index is -3.80. The van der Waals surface area contributed by atoms with Crippen molar-refractivity contribution in [3.8, 4) is 11.1 Å². The van der Waals surface area contributed by atoms with Gasteiger partial charge in [-0.3, -0.25) is 24.2 Å². The van der Waals surface area contributed by atoms with Crippen molar-refractivity contribution >= 4 is 11.7 Å². The van der Waals surface area contributed by atoms with Gasteiger partial charge in [0.25, 0.3) is 5.91 Å². The summed E-state index contributed by atoms with van der Waals surface area (Å²) in [5.41, 5.74) is 6.92. The van der Waals surface area contributed by atoms with Crippen molar-refractivity contribution in [1.29, 1.82) is 0 Å². The highest BCUT2D eigenvalue weighted by Gasteiger charge is 2.42. The third kappa shape index (κ3) is 7.78. The number of halogens is 5. The van der Waals surface area contributed by atoms with E-state index in [1.54, 1.807) is 30.3 Å². The van der Waals surface area contributed by atoms with Crippen LogP contribution >= 0.6 is 0 Å². The molecular formula is C37H32F5N5O3. The largest absolute Gasteiger partial charge is 0.400 e. The van der Waals surface area contributed by atoms with E-state index in [9.17, 15) is 22.8 Å². The molecule has 1 atom stereocenters. The van der Waals surface area contributed by atoms with Crippen LogP contribution in [0.4, 0.5) is 22.0 Å². The number of nitrogens with zero attached hydrogens (tertiary/aromatic N) is 4. The summed E-state index contributed by atoms with van der Waals surface area (Å²) in [4.78, 5) is 34.3. The van der Waals surface area contributed by atoms with Gasteiger partial charge in [0.15, 0.2) is 5.78 Å². The molecule has 0 unspecified atom stereocenters. The van der Waals surface area contributed by atoms with Gasteiger partial charge in [-0.1, -0.05) is 18.2 Å². The first-order chi connectivity index (χ1) is 24.0. The molecule has 0 spiro atoms. The molecule has 2 N–H and O–H groups in total. The van der Waals surface area contributed by atoms with Crippen molar-refractivity contribution in [3.05, 3.63) is 136 Å². The Morgan fingerprint density at radius 1 is 0.920 bits per heavy atom. The zero-order chi connectivity index (χ0) is 35.4. The van der Waals surface area contributed by atoms with Crippen molar-refractivity contribution in [2.24, 2.45) is 5.73 Å². The van der Waals surface area contributed by atoms with E-state index in [-0.39, 0.29) is 24.0 Å². The second kappa shape index (κ2) is 14.7. The number of primary amides is 1. The van der Waals surface area contributed by atoms with E-state index >= 15 is 8.78 Å². The van der Waals surface area contributed by atoms with Gasteiger partial charge in [-0.2, -0.15) is 13.9 Å². The normalized spacial score (nSPS) is 13.5. The maximum Gasteiger partial charge on any atom is 0.400 e. The molecule has 13 heteroatoms. The summed E-state index contributed by atoms with van der Waals surface area (Å²) in [5, 5.41) is 4.42. The Morgan fingerprint density at radius 3 is 2.42 bits per heavy atom. The molecule has 0 bridgehead atoms. The van der Waals surface area contributed by atoms with Crippen LogP contribution in [0.2, 0.25) is 0 Å². The maximum atomic E-state index is 15.9. The fourth-order valence-electron chi connectivity index (χ4n) is 6.42. The minimum absolute atomic E-state index is 0.0693. The van der Waals surface area contributed by atoms with E-state index in [0.29, 0.717) is 53.0 Å². The van der Waals surface area contributed by atoms with Crippen molar-refractivity contribution in [2.75, 3.05) is 0 Å². The number of ether oxygens (including phenoxy) is 1. The number of nitrogens with two attached hydrogens (primary N) is 1. The lowest BCUT2D eigenvalue weighted by Gasteiger charge is -2.22. The molecule has 0 saturated carbocycles. The zero-order valence-corrected chi connectivity index (χ0v) is 26.7. The Hall–Kier alpha value is -5.30. The number of Topliss-reactive ketones (excluding diaryl/α,β-unsaturated/α-hetero) is 1. The van der Waals surface area contributed by atoms with Crippen molar-refractivity contribution in [2.45, 2.75) is 63.7 Å². The summed E-state index contributed by atoms with van der Waals surface area (Å²) < 4.78 is 80.7. The van der Waals surface area contributed by atoms with Crippen LogP contribution in [0.5, 0.6) is 0 Å². The summed E-state index contributed by atoms with van der Waals surface area (Å²) in [7, 11) is 0. The Bertz CT molecular complexity index is 2020. The molecule has 1 aliphatic rings. The van der Waals surface area contributed by atoms with Crippen molar-refractivity contribution in [3.63, 3.8) is 0 Å². The maximum absolute atomic E-state index is 15.9. The van der Waals surface area contributed by atoms with E-state index in [2.05, 4.69) is 15.1 Å². The number of aryl methyl sites for hydroxylation is 1. The first-order valence-electron chi connectivity index (χ1n) is 16.0. The van der Waals surface area contributed by atoms with E-state index < -0.39 is 60.0 Å². The Balaban J connectivity index is 1.34. The highest BCUT2D eigenvalue weighted by molar-refractivity contribution is 5.94. The van der Waals surface area contributed by atoms with Gasteiger partial charge in [-0.15, -0.1) is 0 Å². The quantitative estimate of drug-likeness (QED) is 0.134. The standard InChI is InChI=1S/C37H32F5N5O3/c38-25-15-22(16-26(39)19-25)14-24(34-29(8-5-13-45-34)23-10-11-32(40)31(18-23)36(43)49)17-28(48)20-47-35(30-7-1-2-9-33(30)46-47)37(41,42)50-21-27-6-3-4-12-44-27/h3-6,8,10-13,15-16,18-19,24H,1-2,7,9,14,17,20-21H2,(H2,43,49)/t24-/m1/s1. The second-order valence-corrected chi connectivity index (χ2v) is 12.2. The second-order valence-electron chi connectivity index (χ2n) is 12.2. The van der Waals surface area contributed by atoms with Crippen LogP contribution in [0, 0.1) is 17.5 Å². The predicted octanol–water partition coefficient (Wildman–Crippen LogP) is 6.99. The number of ketones is 1. The first kappa shape index (κ1) is 34.6. The smallest absolute Gasteiger partial charge is 0.366 e. The Morgan fingerprint density at radius 2 is 1.68 bits per heavy atom. The van der Waals surface area contributed by atoms with Gasteiger partial charge in [0, 0.05) is 41.9 Å². The summed E-state index contributed by atoms with van der Waals surface area (Å²) in [5.74, 6) is -4.81. The van der Waals surface area contributed by atoms with Crippen LogP contribution in [0.1, 0.15) is 69.4 Å². The molecule has 3 heterocycles. The number of hydrogen-bond acceptors (Lipinski definition) is 6. The lowest BCUT2D eigenvalue weighted by Crippen LogP contribution is -2.27. The number of aromatic nitrogens is 4. The van der Waals surface area contributed by atoms with E-state index in [1.807, 2.05) is 0 Å². The molecule has 8 nitrogen and oxygen atoms in total. The molecule has 0 saturated heterocycles. The number of amides is 1. The van der Waals surface area contributed by atoms with Gasteiger partial charge in [-0.05, 0) is 85.7 Å². The minimum Gasteiger partial charge on any atom is -0.366 e. The van der Waals surface area contributed by atoms with Crippen LogP contribution in [0.3, 0.4) is 0 Å². The number of alkyl halides is 2. The molecule has 0 aliphatic heterocycles. The SMILES string of the molecule is NC(=O)c1cc(-c2cccnc2[C@@H](CC(=O)Cn2nc3c(c2C(F)(F)OCc2ccccn2)CCCC3)Cc2cc(F)cc(F)c2)ccc1F. The van der Waals surface area contributed by atoms with Crippen molar-refractivity contribution < 1.29 is 36.3 Å². The predicted molar refractivity (Wildman–Crippen MR) is 172 cm³/mol. The van der Waals surface area contributed by atoms with Gasteiger partial charge < -0.3 is 10.5 Å². The molecule has 258 valence electrons. The fraction of sp³-hybridized carbons (Fsp3) is 0.270. The number of rotatable bonds is 13. The molecule has 0 radical (unpaired) electrons. The van der Waals surface area contributed by atoms with Gasteiger partial charge in [0.2, 0.25) is 0 Å². The van der Waals surface area contributed by atoms with Crippen LogP contribution in [-0.2, 0) is 48.1 Å². The lowest BCUT2D eigenvalue weighted by atomic mass is 9.86. The summed E-state index contributed by atoms with van der Waals surface area (Å²) in [6.07, 6.45) is 1.00. The molecule has 0 fully saturated rings. The van der Waals surface area contributed by atoms with Crippen LogP contribution < -0.4 is 5.73 Å². The first-order valence-corrected chi connectivity index (χ1v) is 16.0. The molecule has 50 heavy (non-hydrogen) atoms. The molecule has 1 aliphatic carbocycles. The molecule has 5 aromatic rings. The summed E-state index contributed by atoms with van der Waals surface area (Å²) >= 11 is 0. The summed E-state index contributed by atoms with van der Waals surface area (Å²) in [6, 6.07) is 14.8. The fourth-order valence-corrected chi connectivity index (χ4v) is 6.42. The van der Waals surface area contributed by atoms with Crippen LogP contribution in [0.15, 0.2) is 79.1 Å². The Kier molecular flexibility index (Phi) is 10.1. The number of carbonyl (C=O) groups is 2. The number of pyridine rings is 2. The van der Waals surface area contributed by atoms with Gasteiger partial charge in [0.05, 0.1) is 29.3 Å². The molecule has 1 amide bonds. The number of fused-ring (bicyclic) bond motifs is 1. The number of benzene rings is 2. The molecule has 6 rings (SSSR count). The van der Waals surface area contributed by atoms with Crippen LogP contribution in [-0.4, -0.2) is 31.4 Å².